The van der Waals surface area contributed by atoms with Gasteiger partial charge < -0.3 is 29.6 Å². The zero-order chi connectivity index (χ0) is 37.8. The first-order valence-corrected chi connectivity index (χ1v) is 19.6. The Morgan fingerprint density at radius 3 is 2.60 bits per heavy atom. The number of aromatic nitrogens is 1. The number of nitrogens with one attached hydrogen (secondary N) is 1. The van der Waals surface area contributed by atoms with Gasteiger partial charge in [-0.1, -0.05) is 55.8 Å². The van der Waals surface area contributed by atoms with Gasteiger partial charge in [0.25, 0.3) is 0 Å². The van der Waals surface area contributed by atoms with Gasteiger partial charge in [-0.3, -0.25) is 9.80 Å². The number of aliphatic hydroxyl groups is 2. The summed E-state index contributed by atoms with van der Waals surface area (Å²) < 4.78 is 11.8. The third-order valence-corrected chi connectivity index (χ3v) is 14.6. The van der Waals surface area contributed by atoms with Crippen molar-refractivity contribution in [2.75, 3.05) is 66.1 Å². The molecule has 2 aromatic carbocycles. The van der Waals surface area contributed by atoms with Crippen LogP contribution in [0.25, 0.3) is 10.9 Å². The van der Waals surface area contributed by atoms with E-state index in [1.54, 1.807) is 14.2 Å². The van der Waals surface area contributed by atoms with Crippen LogP contribution < -0.4 is 9.64 Å². The minimum Gasteiger partial charge on any atom is -0.496 e. The molecular weight excluding hydrogens is 911 g/mol. The van der Waals surface area contributed by atoms with Crippen LogP contribution in [-0.2, 0) is 36.7 Å². The van der Waals surface area contributed by atoms with E-state index in [2.05, 4.69) is 83.3 Å². The number of ether oxygens (including phenoxy) is 2. The molecule has 0 amide bonds. The van der Waals surface area contributed by atoms with Crippen LogP contribution in [0.2, 0.25) is 0 Å². The Morgan fingerprint density at radius 2 is 1.87 bits per heavy atom. The third-order valence-electron chi connectivity index (χ3n) is 14.6. The van der Waals surface area contributed by atoms with Crippen molar-refractivity contribution in [1.82, 2.24) is 14.8 Å². The second-order valence-electron chi connectivity index (χ2n) is 16.7. The summed E-state index contributed by atoms with van der Waals surface area (Å²) in [4.78, 5) is 36.6. The zero-order valence-corrected chi connectivity index (χ0v) is 37.7. The third kappa shape index (κ3) is 5.21. The normalized spacial score (nSPS) is 35.8. The number of methoxy groups -OCH3 is 2. The van der Waals surface area contributed by atoms with Gasteiger partial charge >= 0.3 is 5.97 Å². The van der Waals surface area contributed by atoms with Gasteiger partial charge in [0.2, 0.25) is 5.60 Å². The molecule has 1 saturated heterocycles. The topological polar surface area (TPSA) is 120 Å². The number of esters is 1. The van der Waals surface area contributed by atoms with E-state index >= 15 is 0 Å². The number of para-hydroxylation sites is 1. The summed E-state index contributed by atoms with van der Waals surface area (Å²) in [6.07, 6.45) is 8.21. The fraction of sp³-hybridized carbons (Fsp3) is 0.558. The smallest absolute Gasteiger partial charge is 0.342 e. The molecule has 12 heteroatoms. The molecule has 291 valence electrons. The molecule has 1 aliphatic carbocycles. The Labute approximate surface area is 359 Å². The van der Waals surface area contributed by atoms with Crippen LogP contribution in [-0.4, -0.2) is 116 Å². The fourth-order valence-electron chi connectivity index (χ4n) is 12.5. The number of likely N-dealkylation sites (N-methyl/N-ethyl adjacent to an activating group) is 1. The van der Waals surface area contributed by atoms with Crippen molar-refractivity contribution < 1.29 is 78.3 Å². The summed E-state index contributed by atoms with van der Waals surface area (Å²) in [5.41, 5.74) is 3.14. The van der Waals surface area contributed by atoms with Gasteiger partial charge in [0.1, 0.15) is 11.9 Å². The second kappa shape index (κ2) is 14.2. The molecular formula is C43H54AcN4O7. The van der Waals surface area contributed by atoms with Crippen LogP contribution in [0.3, 0.4) is 0 Å². The number of nitrogens with zero attached hydrogens (tertiary/aromatic N) is 3. The predicted octanol–water partition coefficient (Wildman–Crippen LogP) is 4.59. The average molecular weight is 966 g/mol. The molecule has 3 N–H and O–H groups in total. The maximum absolute atomic E-state index is 14.0. The molecule has 3 aromatic rings. The van der Waals surface area contributed by atoms with Crippen molar-refractivity contribution in [1.29, 1.82) is 0 Å². The van der Waals surface area contributed by atoms with Crippen molar-refractivity contribution in [2.45, 2.75) is 80.7 Å². The van der Waals surface area contributed by atoms with Crippen LogP contribution in [0, 0.1) is 55.4 Å². The van der Waals surface area contributed by atoms with E-state index in [9.17, 15) is 15.0 Å². The number of anilines is 1. The molecule has 1 radical (unpaired) electrons. The molecule has 11 nitrogen and oxygen atoms in total. The fourth-order valence-corrected chi connectivity index (χ4v) is 12.5. The maximum Gasteiger partial charge on any atom is 0.342 e. The van der Waals surface area contributed by atoms with Gasteiger partial charge in [-0.25, -0.2) is 14.6 Å². The Kier molecular flexibility index (Phi) is 10.2. The van der Waals surface area contributed by atoms with E-state index in [-0.39, 0.29) is 62.6 Å². The molecule has 5 unspecified atom stereocenters. The maximum atomic E-state index is 14.0. The van der Waals surface area contributed by atoms with Gasteiger partial charge in [-0.05, 0) is 61.4 Å². The molecule has 2 bridgehead atoms. The van der Waals surface area contributed by atoms with Crippen LogP contribution in [0.4, 0.5) is 5.69 Å². The quantitative estimate of drug-likeness (QED) is 0.128. The first-order valence-electron chi connectivity index (χ1n) is 19.6. The molecule has 9 atom stereocenters. The Morgan fingerprint density at radius 1 is 1.07 bits per heavy atom. The van der Waals surface area contributed by atoms with E-state index in [0.29, 0.717) is 18.6 Å². The molecule has 6 heterocycles. The Hall–Kier alpha value is -2.27. The molecule has 6 aliphatic rings. The van der Waals surface area contributed by atoms with E-state index in [4.69, 9.17) is 19.2 Å². The van der Waals surface area contributed by atoms with Crippen molar-refractivity contribution in [3.8, 4) is 5.75 Å². The van der Waals surface area contributed by atoms with E-state index in [1.165, 1.54) is 23.6 Å². The minimum absolute atomic E-state index is 0. The Bertz CT molecular complexity index is 2070. The number of hydrogen-bond donors (Lipinski definition) is 3. The van der Waals surface area contributed by atoms with Gasteiger partial charge in [0.05, 0.1) is 39.4 Å². The van der Waals surface area contributed by atoms with Gasteiger partial charge in [0.15, 0.2) is 0 Å². The van der Waals surface area contributed by atoms with Crippen molar-refractivity contribution in [3.63, 3.8) is 0 Å². The molecule has 1 aromatic heterocycles. The molecule has 2 fully saturated rings. The first-order chi connectivity index (χ1) is 26.1. The largest absolute Gasteiger partial charge is 0.496 e. The van der Waals surface area contributed by atoms with Gasteiger partial charge in [-0.2, -0.15) is 0 Å². The van der Waals surface area contributed by atoms with E-state index in [1.807, 2.05) is 11.9 Å². The van der Waals surface area contributed by atoms with Crippen LogP contribution >= 0.6 is 0 Å². The molecule has 9 rings (SSSR count). The van der Waals surface area contributed by atoms with Gasteiger partial charge in [0, 0.05) is 128 Å². The zero-order valence-electron chi connectivity index (χ0n) is 32.9. The van der Waals surface area contributed by atoms with Crippen LogP contribution in [0.5, 0.6) is 5.75 Å². The van der Waals surface area contributed by atoms with E-state index < -0.39 is 40.0 Å². The molecule has 5 aliphatic heterocycles. The van der Waals surface area contributed by atoms with Crippen molar-refractivity contribution >= 4 is 22.6 Å². The van der Waals surface area contributed by atoms with Crippen molar-refractivity contribution in [3.05, 3.63) is 82.6 Å². The van der Waals surface area contributed by atoms with E-state index in [0.717, 1.165) is 73.6 Å². The summed E-state index contributed by atoms with van der Waals surface area (Å²) in [6.45, 7) is 8.69. The molecule has 1 saturated carbocycles. The summed E-state index contributed by atoms with van der Waals surface area (Å²) in [5.74, 6) is 0.103. The minimum atomic E-state index is -2.21. The number of fused-ring (bicyclic) bond motifs is 6. The Balaban J connectivity index is 0.00000427. The number of carbonyl (C=O) groups excluding carboxylic acids is 1. The number of rotatable bonds is 8. The summed E-state index contributed by atoms with van der Waals surface area (Å²) in [6, 6.07) is 12.0. The summed E-state index contributed by atoms with van der Waals surface area (Å²) in [5, 5.41) is 26.5. The SMILES string of the molecule is CCC1=C[C@H]2CN(C1)Cc1c([nH]c3ccccc13)[C@@](COOC)(c1cc3c(cc1OC)N(C)C1C(O)(C(=O)OC)C(O)[C@]4(CC)C=CCN5CC[C@]31C54)C2.[Ac]. The number of hydrogen-bond acceptors (Lipinski definition) is 10. The monoisotopic (exact) mass is 965 g/mol. The number of aromatic amines is 1. The second-order valence-corrected chi connectivity index (χ2v) is 16.7. The number of aliphatic hydroxyl groups excluding tert-OH is 1. The van der Waals surface area contributed by atoms with Crippen LogP contribution in [0.15, 0.2) is 60.2 Å². The standard InChI is InChI=1S/C43H54N4O7.Ac/c1-7-26-18-27-21-41(25-54-53-6,35-29(24-46(22-26)23-27)28-12-9-10-13-32(28)44-35)31-19-30-33(20-34(31)51-4)45(3)37-42(30)15-17-47-16-11-14-40(8-2,36(42)47)38(48)43(37,50)39(49)52-5;/h9-14,18-20,27,36-38,44,48,50H,7-8,15-17,21-25H2,1-6H3;/t27-,36?,37?,38?,40-,41+,42-,43?;/m1./s1. The average Bonchev–Trinajstić information content (AvgIpc) is 3.84. The van der Waals surface area contributed by atoms with Crippen molar-refractivity contribution in [2.24, 2.45) is 11.3 Å². The predicted molar refractivity (Wildman–Crippen MR) is 205 cm³/mol. The number of H-pyrrole nitrogens is 1. The summed E-state index contributed by atoms with van der Waals surface area (Å²) >= 11 is 0. The number of benzene rings is 2. The van der Waals surface area contributed by atoms with Crippen LogP contribution in [0.1, 0.15) is 61.9 Å². The summed E-state index contributed by atoms with van der Waals surface area (Å²) in [7, 11) is 6.50. The van der Waals surface area contributed by atoms with Gasteiger partial charge in [-0.15, -0.1) is 0 Å². The molecule has 1 spiro atoms. The first kappa shape index (κ1) is 39.6. The number of carbonyl (C=O) groups is 1. The molecule has 55 heavy (non-hydrogen) atoms.